The molecule has 3 fully saturated rings. The minimum absolute atomic E-state index is 0.903. The molecule has 3 rings (SSSR count). The first-order valence-corrected chi connectivity index (χ1v) is 6.33. The fraction of sp³-hybridized carbons (Fsp3) is 1.00. The molecule has 0 N–H and O–H groups in total. The van der Waals surface area contributed by atoms with E-state index in [2.05, 4.69) is 23.6 Å². The molecule has 3 aliphatic heterocycles. The lowest BCUT2D eigenvalue weighted by molar-refractivity contribution is -0.0650. The van der Waals surface area contributed by atoms with Gasteiger partial charge in [0.25, 0.3) is 0 Å². The lowest BCUT2D eigenvalue weighted by Crippen LogP contribution is -2.68. The van der Waals surface area contributed by atoms with Crippen molar-refractivity contribution in [2.45, 2.75) is 52.6 Å². The zero-order valence-electron chi connectivity index (χ0n) is 10.3. The Morgan fingerprint density at radius 3 is 2.07 bits per heavy atom. The molecule has 3 aliphatic rings. The molecule has 2 nitrogen and oxygen atoms in total. The number of piperidine rings is 1. The van der Waals surface area contributed by atoms with Crippen LogP contribution >= 0.6 is 0 Å². The molecule has 84 valence electrons. The van der Waals surface area contributed by atoms with Crippen LogP contribution in [0.4, 0.5) is 0 Å². The average Bonchev–Trinajstić information content (AvgIpc) is 2.22. The van der Waals surface area contributed by atoms with Gasteiger partial charge in [0.15, 0.2) is 0 Å². The smallest absolute Gasteiger partial charge is 0.0241 e. The molecule has 0 aromatic carbocycles. The summed E-state index contributed by atoms with van der Waals surface area (Å²) in [6.45, 7) is 13.8. The van der Waals surface area contributed by atoms with Gasteiger partial charge in [0.05, 0.1) is 0 Å². The average molecular weight is 198 g/mol. The maximum atomic E-state index is 2.66. The van der Waals surface area contributed by atoms with Crippen molar-refractivity contribution in [3.05, 3.63) is 0 Å². The third-order valence-electron chi connectivity index (χ3n) is 3.33. The first-order chi connectivity index (χ1) is 6.85. The van der Waals surface area contributed by atoms with Gasteiger partial charge in [-0.05, 0) is 25.9 Å². The Morgan fingerprint density at radius 2 is 1.64 bits per heavy atom. The minimum atomic E-state index is 0.903. The quantitative estimate of drug-likeness (QED) is 0.686. The van der Waals surface area contributed by atoms with E-state index >= 15 is 0 Å². The van der Waals surface area contributed by atoms with Crippen molar-refractivity contribution >= 4 is 0 Å². The summed E-state index contributed by atoms with van der Waals surface area (Å²) < 4.78 is 0. The molecule has 2 heteroatoms. The normalized spacial score (nSPS) is 31.7. The Hall–Kier alpha value is -0.0800. The lowest BCUT2D eigenvalue weighted by Gasteiger charge is -2.56. The minimum Gasteiger partial charge on any atom is -0.300 e. The summed E-state index contributed by atoms with van der Waals surface area (Å²) in [5.74, 6) is 0. The predicted octanol–water partition coefficient (Wildman–Crippen LogP) is 2.20. The van der Waals surface area contributed by atoms with Gasteiger partial charge >= 0.3 is 0 Å². The molecule has 2 unspecified atom stereocenters. The van der Waals surface area contributed by atoms with Crippen LogP contribution in [0.1, 0.15) is 40.5 Å². The van der Waals surface area contributed by atoms with E-state index in [-0.39, 0.29) is 0 Å². The van der Waals surface area contributed by atoms with Crippen LogP contribution in [0.15, 0.2) is 0 Å². The second kappa shape index (κ2) is 5.72. The Morgan fingerprint density at radius 1 is 1.07 bits per heavy atom. The van der Waals surface area contributed by atoms with E-state index in [9.17, 15) is 0 Å². The van der Waals surface area contributed by atoms with Gasteiger partial charge in [-0.25, -0.2) is 0 Å². The van der Waals surface area contributed by atoms with Crippen molar-refractivity contribution in [1.29, 1.82) is 0 Å². The van der Waals surface area contributed by atoms with E-state index in [1.807, 2.05) is 13.8 Å². The Labute approximate surface area is 89.3 Å². The van der Waals surface area contributed by atoms with Crippen molar-refractivity contribution in [1.82, 2.24) is 9.80 Å². The molecular weight excluding hydrogens is 172 g/mol. The van der Waals surface area contributed by atoms with Crippen LogP contribution in [-0.4, -0.2) is 48.1 Å². The monoisotopic (exact) mass is 198 g/mol. The molecule has 14 heavy (non-hydrogen) atoms. The summed E-state index contributed by atoms with van der Waals surface area (Å²) in [5, 5.41) is 0. The highest BCUT2D eigenvalue weighted by Crippen LogP contribution is 2.31. The van der Waals surface area contributed by atoms with Crippen LogP contribution in [-0.2, 0) is 0 Å². The lowest BCUT2D eigenvalue weighted by atomic mass is 9.87. The Balaban J connectivity index is 0.000000461. The first kappa shape index (κ1) is 12.0. The van der Waals surface area contributed by atoms with Gasteiger partial charge in [0, 0.05) is 25.2 Å². The molecule has 0 radical (unpaired) electrons. The second-order valence-corrected chi connectivity index (χ2v) is 4.13. The Bertz CT molecular complexity index is 142. The summed E-state index contributed by atoms with van der Waals surface area (Å²) in [6, 6.07) is 1.81. The number of rotatable bonds is 3. The molecule has 2 bridgehead atoms. The molecule has 0 saturated carbocycles. The zero-order valence-corrected chi connectivity index (χ0v) is 10.3. The van der Waals surface area contributed by atoms with Crippen LogP contribution in [0, 0.1) is 0 Å². The molecule has 0 aromatic rings. The van der Waals surface area contributed by atoms with Crippen molar-refractivity contribution in [2.75, 3.05) is 26.2 Å². The second-order valence-electron chi connectivity index (χ2n) is 4.13. The van der Waals surface area contributed by atoms with Crippen LogP contribution in [0.25, 0.3) is 0 Å². The molecule has 3 heterocycles. The van der Waals surface area contributed by atoms with Gasteiger partial charge in [-0.3, -0.25) is 4.90 Å². The van der Waals surface area contributed by atoms with Gasteiger partial charge in [0.1, 0.15) is 0 Å². The van der Waals surface area contributed by atoms with Gasteiger partial charge in [-0.15, -0.1) is 0 Å². The van der Waals surface area contributed by atoms with Crippen LogP contribution in [0.2, 0.25) is 0 Å². The summed E-state index contributed by atoms with van der Waals surface area (Å²) in [5.41, 5.74) is 0. The molecule has 3 saturated heterocycles. The summed E-state index contributed by atoms with van der Waals surface area (Å²) >= 11 is 0. The zero-order chi connectivity index (χ0) is 10.6. The maximum absolute atomic E-state index is 2.66. The molecule has 0 spiro atoms. The van der Waals surface area contributed by atoms with E-state index in [4.69, 9.17) is 0 Å². The molecule has 2 atom stereocenters. The molecule has 0 amide bonds. The van der Waals surface area contributed by atoms with Crippen molar-refractivity contribution in [2.24, 2.45) is 0 Å². The SMILES string of the molecule is CC.CCCN1CC2CC(C1)N2CC. The van der Waals surface area contributed by atoms with Crippen LogP contribution in [0.5, 0.6) is 0 Å². The highest BCUT2D eigenvalue weighted by atomic mass is 15.3. The number of hydrogen-bond donors (Lipinski definition) is 0. The number of piperazine rings is 1. The summed E-state index contributed by atoms with van der Waals surface area (Å²) in [4.78, 5) is 5.29. The number of likely N-dealkylation sites (N-methyl/N-ethyl adjacent to an activating group) is 1. The van der Waals surface area contributed by atoms with Crippen molar-refractivity contribution in [3.8, 4) is 0 Å². The third kappa shape index (κ3) is 2.29. The van der Waals surface area contributed by atoms with E-state index in [1.54, 1.807) is 0 Å². The van der Waals surface area contributed by atoms with Gasteiger partial charge < -0.3 is 4.90 Å². The number of nitrogens with zero attached hydrogens (tertiary/aromatic N) is 2. The van der Waals surface area contributed by atoms with Crippen LogP contribution < -0.4 is 0 Å². The van der Waals surface area contributed by atoms with Gasteiger partial charge in [-0.1, -0.05) is 27.7 Å². The standard InChI is InChI=1S/C10H20N2.C2H6/c1-3-5-11-7-9-6-10(8-11)12(9)4-2;1-2/h9-10H,3-8H2,1-2H3;1-2H3. The largest absolute Gasteiger partial charge is 0.300 e. The first-order valence-electron chi connectivity index (χ1n) is 6.33. The van der Waals surface area contributed by atoms with Gasteiger partial charge in [-0.2, -0.15) is 0 Å². The van der Waals surface area contributed by atoms with Crippen molar-refractivity contribution < 1.29 is 0 Å². The van der Waals surface area contributed by atoms with E-state index in [0.29, 0.717) is 0 Å². The Kier molecular flexibility index (Phi) is 4.90. The number of fused-ring (bicyclic) bond motifs is 2. The highest BCUT2D eigenvalue weighted by molar-refractivity contribution is 4.99. The summed E-state index contributed by atoms with van der Waals surface area (Å²) in [7, 11) is 0. The van der Waals surface area contributed by atoms with Crippen LogP contribution in [0.3, 0.4) is 0 Å². The third-order valence-corrected chi connectivity index (χ3v) is 3.33. The maximum Gasteiger partial charge on any atom is 0.0241 e. The van der Waals surface area contributed by atoms with E-state index < -0.39 is 0 Å². The van der Waals surface area contributed by atoms with E-state index in [1.165, 1.54) is 39.0 Å². The predicted molar refractivity (Wildman–Crippen MR) is 62.7 cm³/mol. The fourth-order valence-corrected chi connectivity index (χ4v) is 2.79. The molecule has 0 aliphatic carbocycles. The fourth-order valence-electron chi connectivity index (χ4n) is 2.79. The van der Waals surface area contributed by atoms with Gasteiger partial charge in [0.2, 0.25) is 0 Å². The van der Waals surface area contributed by atoms with Crippen molar-refractivity contribution in [3.63, 3.8) is 0 Å². The molecule has 0 aromatic heterocycles. The van der Waals surface area contributed by atoms with E-state index in [0.717, 1.165) is 12.1 Å². The summed E-state index contributed by atoms with van der Waals surface area (Å²) in [6.07, 6.45) is 2.78. The number of hydrogen-bond acceptors (Lipinski definition) is 2. The molecular formula is C12H26N2. The topological polar surface area (TPSA) is 6.48 Å². The highest BCUT2D eigenvalue weighted by Gasteiger charge is 2.42.